The molecule has 0 bridgehead atoms. The molecule has 0 rings (SSSR count). The largest absolute Gasteiger partial charge is 0.466 e. The van der Waals surface area contributed by atoms with Crippen LogP contribution in [0.1, 0.15) is 0 Å². The van der Waals surface area contributed by atoms with Crippen LogP contribution in [0.3, 0.4) is 0 Å². The summed E-state index contributed by atoms with van der Waals surface area (Å²) in [6.45, 7) is 0. The van der Waals surface area contributed by atoms with Crippen molar-refractivity contribution in [2.24, 2.45) is 0 Å². The van der Waals surface area contributed by atoms with E-state index in [1.165, 1.54) is 0 Å². The standard InChI is InChI=1S/H3O4P.S/c1-5(2,3)4;/h(H3,1,2,3,4);. The van der Waals surface area contributed by atoms with Gasteiger partial charge in [0.15, 0.2) is 0 Å². The van der Waals surface area contributed by atoms with Crippen LogP contribution < -0.4 is 0 Å². The van der Waals surface area contributed by atoms with Crippen LogP contribution in [-0.2, 0) is 4.57 Å². The van der Waals surface area contributed by atoms with Crippen molar-refractivity contribution >= 4 is 21.3 Å². The Kier molecular flexibility index (Phi) is 4.20. The molecule has 0 aliphatic rings. The number of phosphoric acid groups is 1. The minimum atomic E-state index is -4.64. The normalized spacial score (nSPS) is 9.83. The first-order valence-electron chi connectivity index (χ1n) is 0.783. The van der Waals surface area contributed by atoms with Crippen LogP contribution in [0.5, 0.6) is 0 Å². The van der Waals surface area contributed by atoms with Crippen molar-refractivity contribution < 1.29 is 19.2 Å². The molecule has 38 valence electrons. The molecule has 0 heterocycles. The van der Waals surface area contributed by atoms with Gasteiger partial charge in [-0.2, -0.15) is 0 Å². The van der Waals surface area contributed by atoms with Gasteiger partial charge in [-0.1, -0.05) is 0 Å². The van der Waals surface area contributed by atoms with Gasteiger partial charge in [-0.15, -0.1) is 0 Å². The lowest BCUT2D eigenvalue weighted by atomic mass is 15.8. The van der Waals surface area contributed by atoms with Crippen molar-refractivity contribution in [1.29, 1.82) is 0 Å². The van der Waals surface area contributed by atoms with E-state index in [2.05, 4.69) is 0 Å². The summed E-state index contributed by atoms with van der Waals surface area (Å²) in [5, 5.41) is 0. The molecule has 4 nitrogen and oxygen atoms in total. The second-order valence-electron chi connectivity index (χ2n) is 0.513. The predicted molar refractivity (Wildman–Crippen MR) is 21.9 cm³/mol. The lowest BCUT2D eigenvalue weighted by Crippen LogP contribution is -1.66. The lowest BCUT2D eigenvalue weighted by molar-refractivity contribution is 0.275. The number of hydrogen-bond acceptors (Lipinski definition) is 1. The summed E-state index contributed by atoms with van der Waals surface area (Å²) in [6, 6.07) is 0. The van der Waals surface area contributed by atoms with Gasteiger partial charge >= 0.3 is 7.82 Å². The average molecular weight is 130 g/mol. The van der Waals surface area contributed by atoms with E-state index in [4.69, 9.17) is 19.2 Å². The summed E-state index contributed by atoms with van der Waals surface area (Å²) in [5.74, 6) is 0. The second-order valence-corrected chi connectivity index (χ2v) is 1.54. The summed E-state index contributed by atoms with van der Waals surface area (Å²) in [6.07, 6.45) is 0. The van der Waals surface area contributed by atoms with Gasteiger partial charge in [0.1, 0.15) is 0 Å². The molecule has 0 aromatic rings. The monoisotopic (exact) mass is 130 g/mol. The maximum atomic E-state index is 8.88. The highest BCUT2D eigenvalue weighted by atomic mass is 32.1. The zero-order valence-electron chi connectivity index (χ0n) is 2.61. The molecule has 6 heavy (non-hydrogen) atoms. The Morgan fingerprint density at radius 2 is 1.17 bits per heavy atom. The summed E-state index contributed by atoms with van der Waals surface area (Å²) < 4.78 is 8.88. The van der Waals surface area contributed by atoms with Gasteiger partial charge in [0, 0.05) is 13.5 Å². The molecule has 0 atom stereocenters. The Balaban J connectivity index is 0. The van der Waals surface area contributed by atoms with E-state index in [1.54, 1.807) is 0 Å². The van der Waals surface area contributed by atoms with Crippen LogP contribution in [0.4, 0.5) is 0 Å². The molecule has 0 aliphatic heterocycles. The Hall–Kier alpha value is 0.460. The van der Waals surface area contributed by atoms with Crippen LogP contribution in [0.2, 0.25) is 0 Å². The average Bonchev–Trinajstić information content (AvgIpc) is 0.722. The molecule has 2 radical (unpaired) electrons. The number of hydrogen-bond donors (Lipinski definition) is 3. The van der Waals surface area contributed by atoms with Crippen molar-refractivity contribution in [1.82, 2.24) is 0 Å². The first-order valence-corrected chi connectivity index (χ1v) is 2.35. The maximum absolute atomic E-state index is 8.88. The SMILES string of the molecule is O=P(O)(O)O.[S]. The molecule has 0 saturated heterocycles. The van der Waals surface area contributed by atoms with E-state index >= 15 is 0 Å². The fourth-order valence-corrected chi connectivity index (χ4v) is 0. The van der Waals surface area contributed by atoms with Crippen LogP contribution >= 0.6 is 21.3 Å². The Bertz CT molecular complexity index is 53.7. The van der Waals surface area contributed by atoms with Crippen molar-refractivity contribution in [3.05, 3.63) is 0 Å². The van der Waals surface area contributed by atoms with E-state index in [9.17, 15) is 0 Å². The zero-order valence-corrected chi connectivity index (χ0v) is 4.32. The minimum Gasteiger partial charge on any atom is -0.303 e. The Labute approximate surface area is 41.5 Å². The third kappa shape index (κ3) is 252. The van der Waals surface area contributed by atoms with Gasteiger partial charge in [0.2, 0.25) is 0 Å². The van der Waals surface area contributed by atoms with E-state index in [-0.39, 0.29) is 13.5 Å². The first kappa shape index (κ1) is 9.68. The van der Waals surface area contributed by atoms with Crippen molar-refractivity contribution in [3.8, 4) is 0 Å². The molecular formula is H3O4PS. The van der Waals surface area contributed by atoms with Crippen molar-refractivity contribution in [3.63, 3.8) is 0 Å². The molecule has 0 aromatic carbocycles. The molecule has 0 aromatic heterocycles. The molecule has 0 unspecified atom stereocenters. The fraction of sp³-hybridized carbons (Fsp3) is 0. The Morgan fingerprint density at radius 3 is 1.17 bits per heavy atom. The smallest absolute Gasteiger partial charge is 0.303 e. The minimum absolute atomic E-state index is 0. The van der Waals surface area contributed by atoms with Gasteiger partial charge in [0.05, 0.1) is 0 Å². The highest BCUT2D eigenvalue weighted by Gasteiger charge is 2.00. The van der Waals surface area contributed by atoms with Gasteiger partial charge in [-0.25, -0.2) is 4.57 Å². The molecule has 0 amide bonds. The third-order valence-electron chi connectivity index (χ3n) is 0. The summed E-state index contributed by atoms with van der Waals surface area (Å²) in [7, 11) is -4.64. The summed E-state index contributed by atoms with van der Waals surface area (Å²) in [4.78, 5) is 21.6. The fourth-order valence-electron chi connectivity index (χ4n) is 0. The van der Waals surface area contributed by atoms with Crippen LogP contribution in [0.25, 0.3) is 0 Å². The molecule has 0 fully saturated rings. The van der Waals surface area contributed by atoms with Crippen molar-refractivity contribution in [2.45, 2.75) is 0 Å². The van der Waals surface area contributed by atoms with Crippen LogP contribution in [0.15, 0.2) is 0 Å². The van der Waals surface area contributed by atoms with Gasteiger partial charge in [-0.3, -0.25) is 0 Å². The van der Waals surface area contributed by atoms with Gasteiger partial charge in [-0.05, 0) is 0 Å². The Morgan fingerprint density at radius 1 is 1.17 bits per heavy atom. The van der Waals surface area contributed by atoms with Gasteiger partial charge in [0.25, 0.3) is 0 Å². The quantitative estimate of drug-likeness (QED) is 0.394. The molecular weight excluding hydrogens is 127 g/mol. The predicted octanol–water partition coefficient (Wildman–Crippen LogP) is -0.280. The lowest BCUT2D eigenvalue weighted by Gasteiger charge is -1.82. The first-order chi connectivity index (χ1) is 2.00. The molecule has 0 spiro atoms. The molecule has 0 aliphatic carbocycles. The topological polar surface area (TPSA) is 77.8 Å². The zero-order chi connectivity index (χ0) is 4.50. The molecule has 0 saturated carbocycles. The highest BCUT2D eigenvalue weighted by molar-refractivity contribution is 7.59. The van der Waals surface area contributed by atoms with Crippen LogP contribution in [-0.4, -0.2) is 14.7 Å². The third-order valence-corrected chi connectivity index (χ3v) is 0. The molecule has 3 N–H and O–H groups in total. The second kappa shape index (κ2) is 2.60. The van der Waals surface area contributed by atoms with Crippen LogP contribution in [0, 0.1) is 0 Å². The number of rotatable bonds is 0. The van der Waals surface area contributed by atoms with E-state index < -0.39 is 7.82 Å². The van der Waals surface area contributed by atoms with E-state index in [0.717, 1.165) is 0 Å². The molecule has 6 heteroatoms. The van der Waals surface area contributed by atoms with Crippen molar-refractivity contribution in [2.75, 3.05) is 0 Å². The highest BCUT2D eigenvalue weighted by Crippen LogP contribution is 2.25. The van der Waals surface area contributed by atoms with Gasteiger partial charge < -0.3 is 14.7 Å². The van der Waals surface area contributed by atoms with E-state index in [1.807, 2.05) is 0 Å². The summed E-state index contributed by atoms with van der Waals surface area (Å²) in [5.41, 5.74) is 0. The summed E-state index contributed by atoms with van der Waals surface area (Å²) >= 11 is 0. The maximum Gasteiger partial charge on any atom is 0.466 e. The van der Waals surface area contributed by atoms with E-state index in [0.29, 0.717) is 0 Å².